The van der Waals surface area contributed by atoms with Gasteiger partial charge in [0.25, 0.3) is 5.91 Å². The average molecular weight is 304 g/mol. The number of carbonyl (C=O) groups excluding carboxylic acids is 1. The van der Waals surface area contributed by atoms with Crippen LogP contribution in [0.1, 0.15) is 15.9 Å². The third-order valence-corrected chi connectivity index (χ3v) is 2.94. The molecule has 18 heavy (non-hydrogen) atoms. The summed E-state index contributed by atoms with van der Waals surface area (Å²) in [4.78, 5) is 15.5. The second-order valence-corrected chi connectivity index (χ2v) is 4.31. The molecule has 0 spiro atoms. The van der Waals surface area contributed by atoms with Crippen molar-refractivity contribution in [3.63, 3.8) is 0 Å². The minimum Gasteiger partial charge on any atom is -0.267 e. The summed E-state index contributed by atoms with van der Waals surface area (Å²) in [7, 11) is 0. The molecule has 0 aliphatic carbocycles. The molecule has 0 saturated carbocycles. The molecule has 1 aromatic carbocycles. The van der Waals surface area contributed by atoms with Crippen molar-refractivity contribution in [1.29, 1.82) is 0 Å². The molecule has 1 aromatic heterocycles. The molecule has 0 saturated heterocycles. The van der Waals surface area contributed by atoms with Crippen molar-refractivity contribution in [3.05, 3.63) is 64.4 Å². The maximum atomic E-state index is 11.7. The van der Waals surface area contributed by atoms with E-state index in [0.29, 0.717) is 5.56 Å². The first kappa shape index (κ1) is 12.4. The number of halogens is 1. The molecule has 4 nitrogen and oxygen atoms in total. The Hall–Kier alpha value is -2.01. The van der Waals surface area contributed by atoms with E-state index in [1.165, 1.54) is 0 Å². The molecule has 2 aromatic rings. The molecule has 2 rings (SSSR count). The lowest BCUT2D eigenvalue weighted by atomic mass is 10.2. The SMILES string of the molecule is O=C(N/N=C\c1ccccc1Br)c1ccncc1. The quantitative estimate of drug-likeness (QED) is 0.700. The number of hydrazone groups is 1. The Labute approximate surface area is 113 Å². The number of carbonyl (C=O) groups is 1. The monoisotopic (exact) mass is 303 g/mol. The second-order valence-electron chi connectivity index (χ2n) is 3.46. The van der Waals surface area contributed by atoms with Crippen LogP contribution in [-0.2, 0) is 0 Å². The Morgan fingerprint density at radius 1 is 1.22 bits per heavy atom. The van der Waals surface area contributed by atoms with Crippen molar-refractivity contribution in [2.24, 2.45) is 5.10 Å². The van der Waals surface area contributed by atoms with E-state index in [1.54, 1.807) is 30.7 Å². The fourth-order valence-electron chi connectivity index (χ4n) is 1.31. The predicted molar refractivity (Wildman–Crippen MR) is 73.4 cm³/mol. The van der Waals surface area contributed by atoms with E-state index in [2.05, 4.69) is 31.4 Å². The maximum Gasteiger partial charge on any atom is 0.271 e. The molecular formula is C13H10BrN3O. The Kier molecular flexibility index (Phi) is 4.20. The number of nitrogens with zero attached hydrogens (tertiary/aromatic N) is 2. The first-order chi connectivity index (χ1) is 8.77. The minimum atomic E-state index is -0.263. The van der Waals surface area contributed by atoms with Crippen LogP contribution in [0.4, 0.5) is 0 Å². The molecular weight excluding hydrogens is 294 g/mol. The highest BCUT2D eigenvalue weighted by Crippen LogP contribution is 2.13. The predicted octanol–water partition coefficient (Wildman–Crippen LogP) is 2.61. The van der Waals surface area contributed by atoms with Gasteiger partial charge in [-0.15, -0.1) is 0 Å². The van der Waals surface area contributed by atoms with Gasteiger partial charge in [-0.2, -0.15) is 5.10 Å². The van der Waals surface area contributed by atoms with Crippen molar-refractivity contribution in [2.75, 3.05) is 0 Å². The molecule has 1 heterocycles. The number of aromatic nitrogens is 1. The molecule has 5 heteroatoms. The van der Waals surface area contributed by atoms with E-state index in [0.717, 1.165) is 10.0 Å². The fourth-order valence-corrected chi connectivity index (χ4v) is 1.70. The van der Waals surface area contributed by atoms with E-state index in [9.17, 15) is 4.79 Å². The molecule has 0 aliphatic rings. The molecule has 0 bridgehead atoms. The van der Waals surface area contributed by atoms with Crippen LogP contribution in [0, 0.1) is 0 Å². The first-order valence-electron chi connectivity index (χ1n) is 5.25. The van der Waals surface area contributed by atoms with Gasteiger partial charge in [0, 0.05) is 28.0 Å². The molecule has 1 amide bonds. The van der Waals surface area contributed by atoms with Gasteiger partial charge < -0.3 is 0 Å². The van der Waals surface area contributed by atoms with Crippen molar-refractivity contribution >= 4 is 28.1 Å². The lowest BCUT2D eigenvalue weighted by Crippen LogP contribution is -2.17. The Morgan fingerprint density at radius 2 is 1.94 bits per heavy atom. The zero-order valence-electron chi connectivity index (χ0n) is 9.38. The number of hydrogen-bond donors (Lipinski definition) is 1. The smallest absolute Gasteiger partial charge is 0.267 e. The van der Waals surface area contributed by atoms with Gasteiger partial charge in [-0.05, 0) is 18.2 Å². The summed E-state index contributed by atoms with van der Waals surface area (Å²) in [6.07, 6.45) is 4.71. The van der Waals surface area contributed by atoms with E-state index < -0.39 is 0 Å². The van der Waals surface area contributed by atoms with Crippen molar-refractivity contribution in [3.8, 4) is 0 Å². The first-order valence-corrected chi connectivity index (χ1v) is 6.04. The van der Waals surface area contributed by atoms with Crippen LogP contribution in [0.5, 0.6) is 0 Å². The zero-order valence-corrected chi connectivity index (χ0v) is 11.0. The Bertz CT molecular complexity index is 569. The third-order valence-electron chi connectivity index (χ3n) is 2.22. The number of hydrogen-bond acceptors (Lipinski definition) is 3. The van der Waals surface area contributed by atoms with Crippen LogP contribution in [-0.4, -0.2) is 17.1 Å². The number of amides is 1. The molecule has 0 fully saturated rings. The summed E-state index contributed by atoms with van der Waals surface area (Å²) in [6.45, 7) is 0. The molecule has 90 valence electrons. The number of benzene rings is 1. The lowest BCUT2D eigenvalue weighted by molar-refractivity contribution is 0.0955. The molecule has 0 atom stereocenters. The summed E-state index contributed by atoms with van der Waals surface area (Å²) in [5.74, 6) is -0.263. The maximum absolute atomic E-state index is 11.7. The molecule has 0 radical (unpaired) electrons. The van der Waals surface area contributed by atoms with Gasteiger partial charge in [-0.25, -0.2) is 5.43 Å². The van der Waals surface area contributed by atoms with Gasteiger partial charge in [0.15, 0.2) is 0 Å². The summed E-state index contributed by atoms with van der Waals surface area (Å²) in [5, 5.41) is 3.90. The van der Waals surface area contributed by atoms with Crippen LogP contribution in [0.15, 0.2) is 58.4 Å². The van der Waals surface area contributed by atoms with E-state index >= 15 is 0 Å². The highest BCUT2D eigenvalue weighted by atomic mass is 79.9. The largest absolute Gasteiger partial charge is 0.271 e. The Morgan fingerprint density at radius 3 is 2.67 bits per heavy atom. The summed E-state index contributed by atoms with van der Waals surface area (Å²) >= 11 is 3.40. The topological polar surface area (TPSA) is 54.4 Å². The summed E-state index contributed by atoms with van der Waals surface area (Å²) < 4.78 is 0.923. The van der Waals surface area contributed by atoms with Crippen LogP contribution < -0.4 is 5.43 Å². The van der Waals surface area contributed by atoms with Gasteiger partial charge in [-0.1, -0.05) is 34.1 Å². The third kappa shape index (κ3) is 3.24. The van der Waals surface area contributed by atoms with Crippen molar-refractivity contribution in [2.45, 2.75) is 0 Å². The number of rotatable bonds is 3. The second kappa shape index (κ2) is 6.07. The summed E-state index contributed by atoms with van der Waals surface area (Å²) in [5.41, 5.74) is 3.87. The van der Waals surface area contributed by atoms with Gasteiger partial charge in [0.2, 0.25) is 0 Å². The molecule has 0 aliphatic heterocycles. The molecule has 0 unspecified atom stereocenters. The number of nitrogens with one attached hydrogen (secondary N) is 1. The molecule has 1 N–H and O–H groups in total. The zero-order chi connectivity index (χ0) is 12.8. The summed E-state index contributed by atoms with van der Waals surface area (Å²) in [6, 6.07) is 10.9. The van der Waals surface area contributed by atoms with Gasteiger partial charge >= 0.3 is 0 Å². The van der Waals surface area contributed by atoms with E-state index in [-0.39, 0.29) is 5.91 Å². The van der Waals surface area contributed by atoms with Crippen molar-refractivity contribution in [1.82, 2.24) is 10.4 Å². The standard InChI is InChI=1S/C13H10BrN3O/c14-12-4-2-1-3-11(12)9-16-17-13(18)10-5-7-15-8-6-10/h1-9H,(H,17,18)/b16-9-. The minimum absolute atomic E-state index is 0.263. The average Bonchev–Trinajstić information content (AvgIpc) is 2.42. The van der Waals surface area contributed by atoms with Crippen LogP contribution in [0.25, 0.3) is 0 Å². The van der Waals surface area contributed by atoms with Gasteiger partial charge in [0.1, 0.15) is 0 Å². The van der Waals surface area contributed by atoms with Crippen LogP contribution >= 0.6 is 15.9 Å². The fraction of sp³-hybridized carbons (Fsp3) is 0. The van der Waals surface area contributed by atoms with Crippen LogP contribution in [0.3, 0.4) is 0 Å². The van der Waals surface area contributed by atoms with Crippen molar-refractivity contribution < 1.29 is 4.79 Å². The highest BCUT2D eigenvalue weighted by Gasteiger charge is 2.02. The van der Waals surface area contributed by atoms with Gasteiger partial charge in [-0.3, -0.25) is 9.78 Å². The lowest BCUT2D eigenvalue weighted by Gasteiger charge is -1.99. The van der Waals surface area contributed by atoms with Gasteiger partial charge in [0.05, 0.1) is 6.21 Å². The van der Waals surface area contributed by atoms with Crippen LogP contribution in [0.2, 0.25) is 0 Å². The van der Waals surface area contributed by atoms with E-state index in [4.69, 9.17) is 0 Å². The highest BCUT2D eigenvalue weighted by molar-refractivity contribution is 9.10. The normalized spacial score (nSPS) is 10.5. The Balaban J connectivity index is 2.00. The van der Waals surface area contributed by atoms with E-state index in [1.807, 2.05) is 24.3 Å². The number of pyridine rings is 1.